The number of hydrogen-bond donors (Lipinski definition) is 3. The first-order valence-corrected chi connectivity index (χ1v) is 7.89. The second kappa shape index (κ2) is 7.84. The van der Waals surface area contributed by atoms with Gasteiger partial charge in [-0.05, 0) is 32.6 Å². The van der Waals surface area contributed by atoms with Crippen LogP contribution in [0.4, 0.5) is 4.79 Å². The molecule has 1 rings (SSSR count). The molecule has 5 heteroatoms. The van der Waals surface area contributed by atoms with Crippen LogP contribution in [0.3, 0.4) is 0 Å². The topological polar surface area (TPSA) is 64.6 Å². The maximum absolute atomic E-state index is 11.7. The SMILES string of the molecule is CCNC(=O)N1CCC(NCC(C)(O)C(C)CC)CC1. The summed E-state index contributed by atoms with van der Waals surface area (Å²) >= 11 is 0. The summed E-state index contributed by atoms with van der Waals surface area (Å²) in [5.41, 5.74) is -0.661. The third-order valence-electron chi connectivity index (χ3n) is 4.53. The first-order valence-electron chi connectivity index (χ1n) is 7.89. The molecule has 1 aliphatic rings. The maximum Gasteiger partial charge on any atom is 0.317 e. The molecule has 2 unspecified atom stereocenters. The molecule has 0 aliphatic carbocycles. The highest BCUT2D eigenvalue weighted by Crippen LogP contribution is 2.20. The van der Waals surface area contributed by atoms with Crippen molar-refractivity contribution in [3.05, 3.63) is 0 Å². The van der Waals surface area contributed by atoms with Gasteiger partial charge in [-0.1, -0.05) is 20.3 Å². The van der Waals surface area contributed by atoms with Gasteiger partial charge in [-0.25, -0.2) is 4.79 Å². The molecule has 3 N–H and O–H groups in total. The van der Waals surface area contributed by atoms with Crippen LogP contribution in [0, 0.1) is 5.92 Å². The molecule has 0 aromatic heterocycles. The van der Waals surface area contributed by atoms with E-state index in [4.69, 9.17) is 0 Å². The Labute approximate surface area is 123 Å². The molecule has 1 fully saturated rings. The lowest BCUT2D eigenvalue weighted by molar-refractivity contribution is 0.00171. The Morgan fingerprint density at radius 3 is 2.50 bits per heavy atom. The van der Waals surface area contributed by atoms with Gasteiger partial charge in [0.15, 0.2) is 0 Å². The fourth-order valence-corrected chi connectivity index (χ4v) is 2.51. The second-order valence-electron chi connectivity index (χ2n) is 6.14. The third kappa shape index (κ3) is 4.94. The average Bonchev–Trinajstić information content (AvgIpc) is 2.45. The molecule has 0 aromatic carbocycles. The van der Waals surface area contributed by atoms with Crippen molar-refractivity contribution in [3.63, 3.8) is 0 Å². The average molecular weight is 285 g/mol. The van der Waals surface area contributed by atoms with Gasteiger partial charge in [0.05, 0.1) is 5.60 Å². The predicted octanol–water partition coefficient (Wildman–Crippen LogP) is 1.57. The molecular formula is C15H31N3O2. The van der Waals surface area contributed by atoms with Crippen LogP contribution in [0.25, 0.3) is 0 Å². The smallest absolute Gasteiger partial charge is 0.317 e. The van der Waals surface area contributed by atoms with Gasteiger partial charge in [-0.2, -0.15) is 0 Å². The fraction of sp³-hybridized carbons (Fsp3) is 0.933. The molecule has 5 nitrogen and oxygen atoms in total. The lowest BCUT2D eigenvalue weighted by Gasteiger charge is -2.36. The standard InChI is InChI=1S/C15H31N3O2/c1-5-12(3)15(4,20)11-17-13-7-9-18(10-8-13)14(19)16-6-2/h12-13,17,20H,5-11H2,1-4H3,(H,16,19). The maximum atomic E-state index is 11.7. The highest BCUT2D eigenvalue weighted by molar-refractivity contribution is 5.74. The summed E-state index contributed by atoms with van der Waals surface area (Å²) in [5, 5.41) is 16.7. The van der Waals surface area contributed by atoms with Gasteiger partial charge >= 0.3 is 6.03 Å². The van der Waals surface area contributed by atoms with Crippen LogP contribution in [-0.2, 0) is 0 Å². The summed E-state index contributed by atoms with van der Waals surface area (Å²) in [6.07, 6.45) is 2.88. The number of nitrogens with one attached hydrogen (secondary N) is 2. The van der Waals surface area contributed by atoms with Crippen LogP contribution in [0.15, 0.2) is 0 Å². The first kappa shape index (κ1) is 17.2. The van der Waals surface area contributed by atoms with Crippen molar-refractivity contribution in [1.29, 1.82) is 0 Å². The second-order valence-corrected chi connectivity index (χ2v) is 6.14. The minimum atomic E-state index is -0.661. The Morgan fingerprint density at radius 1 is 1.40 bits per heavy atom. The summed E-state index contributed by atoms with van der Waals surface area (Å²) < 4.78 is 0. The Morgan fingerprint density at radius 2 is 2.00 bits per heavy atom. The Balaban J connectivity index is 2.31. The summed E-state index contributed by atoms with van der Waals surface area (Å²) in [6.45, 7) is 10.9. The number of likely N-dealkylation sites (tertiary alicyclic amines) is 1. The van der Waals surface area contributed by atoms with Gasteiger partial charge in [0.2, 0.25) is 0 Å². The zero-order valence-electron chi connectivity index (χ0n) is 13.4. The summed E-state index contributed by atoms with van der Waals surface area (Å²) in [5.74, 6) is 0.283. The number of carbonyl (C=O) groups is 1. The number of carbonyl (C=O) groups excluding carboxylic acids is 1. The largest absolute Gasteiger partial charge is 0.389 e. The number of nitrogens with zero attached hydrogens (tertiary/aromatic N) is 1. The van der Waals surface area contributed by atoms with E-state index in [-0.39, 0.29) is 11.9 Å². The van der Waals surface area contributed by atoms with E-state index in [0.29, 0.717) is 19.1 Å². The van der Waals surface area contributed by atoms with E-state index in [0.717, 1.165) is 32.4 Å². The molecule has 2 atom stereocenters. The van der Waals surface area contributed by atoms with Crippen molar-refractivity contribution in [2.45, 2.75) is 58.6 Å². The number of aliphatic hydroxyl groups is 1. The highest BCUT2D eigenvalue weighted by Gasteiger charge is 2.29. The lowest BCUT2D eigenvalue weighted by Crippen LogP contribution is -2.51. The molecule has 0 bridgehead atoms. The van der Waals surface area contributed by atoms with Gasteiger partial charge in [-0.15, -0.1) is 0 Å². The fourth-order valence-electron chi connectivity index (χ4n) is 2.51. The molecule has 0 radical (unpaired) electrons. The number of urea groups is 1. The number of amides is 2. The van der Waals surface area contributed by atoms with Crippen molar-refractivity contribution in [3.8, 4) is 0 Å². The minimum Gasteiger partial charge on any atom is -0.389 e. The van der Waals surface area contributed by atoms with Crippen LogP contribution >= 0.6 is 0 Å². The van der Waals surface area contributed by atoms with Crippen molar-refractivity contribution in [2.24, 2.45) is 5.92 Å². The van der Waals surface area contributed by atoms with E-state index >= 15 is 0 Å². The molecule has 2 amide bonds. The molecule has 0 aromatic rings. The molecular weight excluding hydrogens is 254 g/mol. The van der Waals surface area contributed by atoms with Crippen molar-refractivity contribution in [2.75, 3.05) is 26.2 Å². The number of hydrogen-bond acceptors (Lipinski definition) is 3. The molecule has 0 saturated carbocycles. The van der Waals surface area contributed by atoms with Crippen molar-refractivity contribution >= 4 is 6.03 Å². The predicted molar refractivity (Wildman–Crippen MR) is 81.7 cm³/mol. The Hall–Kier alpha value is -0.810. The van der Waals surface area contributed by atoms with E-state index in [1.165, 1.54) is 0 Å². The van der Waals surface area contributed by atoms with E-state index in [1.807, 2.05) is 18.7 Å². The summed E-state index contributed by atoms with van der Waals surface area (Å²) in [7, 11) is 0. The highest BCUT2D eigenvalue weighted by atomic mass is 16.3. The zero-order chi connectivity index (χ0) is 15.2. The van der Waals surface area contributed by atoms with Gasteiger partial charge in [0.1, 0.15) is 0 Å². The molecule has 1 aliphatic heterocycles. The van der Waals surface area contributed by atoms with Gasteiger partial charge in [0.25, 0.3) is 0 Å². The molecule has 1 saturated heterocycles. The van der Waals surface area contributed by atoms with Gasteiger partial charge in [-0.3, -0.25) is 0 Å². The summed E-state index contributed by atoms with van der Waals surface area (Å²) in [4.78, 5) is 13.6. The Kier molecular flexibility index (Phi) is 6.76. The van der Waals surface area contributed by atoms with Crippen LogP contribution in [-0.4, -0.2) is 53.9 Å². The molecule has 20 heavy (non-hydrogen) atoms. The quantitative estimate of drug-likeness (QED) is 0.694. The minimum absolute atomic E-state index is 0.0394. The van der Waals surface area contributed by atoms with E-state index in [2.05, 4.69) is 24.5 Å². The monoisotopic (exact) mass is 285 g/mol. The zero-order valence-corrected chi connectivity index (χ0v) is 13.4. The third-order valence-corrected chi connectivity index (χ3v) is 4.53. The van der Waals surface area contributed by atoms with E-state index in [9.17, 15) is 9.90 Å². The van der Waals surface area contributed by atoms with E-state index < -0.39 is 5.60 Å². The first-order chi connectivity index (χ1) is 9.40. The Bertz CT molecular complexity index is 299. The molecule has 1 heterocycles. The van der Waals surface area contributed by atoms with Crippen LogP contribution < -0.4 is 10.6 Å². The number of rotatable bonds is 6. The van der Waals surface area contributed by atoms with Crippen molar-refractivity contribution in [1.82, 2.24) is 15.5 Å². The molecule has 118 valence electrons. The van der Waals surface area contributed by atoms with Gasteiger partial charge < -0.3 is 20.6 Å². The number of piperidine rings is 1. The van der Waals surface area contributed by atoms with Crippen LogP contribution in [0.5, 0.6) is 0 Å². The lowest BCUT2D eigenvalue weighted by atomic mass is 9.88. The van der Waals surface area contributed by atoms with E-state index in [1.54, 1.807) is 0 Å². The van der Waals surface area contributed by atoms with Crippen molar-refractivity contribution < 1.29 is 9.90 Å². The van der Waals surface area contributed by atoms with Crippen LogP contribution in [0.2, 0.25) is 0 Å². The normalized spacial score (nSPS) is 21.4. The molecule has 0 spiro atoms. The van der Waals surface area contributed by atoms with Gasteiger partial charge in [0, 0.05) is 32.2 Å². The van der Waals surface area contributed by atoms with Crippen LogP contribution in [0.1, 0.15) is 47.0 Å². The summed E-state index contributed by atoms with van der Waals surface area (Å²) in [6, 6.07) is 0.439.